The van der Waals surface area contributed by atoms with Gasteiger partial charge in [-0.05, 0) is 207 Å². The molecule has 1 aliphatic carbocycles. The van der Waals surface area contributed by atoms with Crippen LogP contribution in [-0.4, -0.2) is 72.7 Å². The van der Waals surface area contributed by atoms with Gasteiger partial charge in [-0.15, -0.1) is 5.10 Å². The van der Waals surface area contributed by atoms with E-state index in [4.69, 9.17) is 40.6 Å². The highest BCUT2D eigenvalue weighted by Crippen LogP contribution is 2.38. The van der Waals surface area contributed by atoms with Crippen LogP contribution in [0.25, 0.3) is 54.5 Å². The number of nitrogens with two attached hydrogens (primary N) is 3. The molecule has 3 aliphatic heterocycles. The lowest BCUT2D eigenvalue weighted by Crippen LogP contribution is -2.25. The number of rotatable bonds is 11. The molecule has 0 atom stereocenters. The Labute approximate surface area is 657 Å². The number of aryl methyl sites for hydroxylation is 1. The molecule has 582 valence electrons. The zero-order chi connectivity index (χ0) is 79.7. The number of amides is 2. The first-order valence-electron chi connectivity index (χ1n) is 38.6. The van der Waals surface area contributed by atoms with Gasteiger partial charge in [0.25, 0.3) is 17.8 Å². The second-order valence-electron chi connectivity index (χ2n) is 30.7. The fourth-order valence-corrected chi connectivity index (χ4v) is 12.9. The number of fused-ring (bicyclic) bond motifs is 7. The molecule has 0 bridgehead atoms. The Bertz CT molecular complexity index is 5040. The maximum absolute atomic E-state index is 11.3. The molecule has 9 aromatic carbocycles. The van der Waals surface area contributed by atoms with Crippen molar-refractivity contribution in [3.63, 3.8) is 0 Å². The van der Waals surface area contributed by atoms with Gasteiger partial charge in [-0.1, -0.05) is 212 Å². The van der Waals surface area contributed by atoms with E-state index in [9.17, 15) is 9.59 Å². The van der Waals surface area contributed by atoms with Crippen molar-refractivity contribution in [2.45, 2.75) is 184 Å². The van der Waals surface area contributed by atoms with Gasteiger partial charge in [0, 0.05) is 24.7 Å². The molecule has 1 saturated carbocycles. The predicted octanol–water partition coefficient (Wildman–Crippen LogP) is 21.7. The van der Waals surface area contributed by atoms with Crippen LogP contribution in [0, 0.1) is 0 Å². The summed E-state index contributed by atoms with van der Waals surface area (Å²) in [6.45, 7) is 36.8. The molecule has 9 N–H and O–H groups in total. The quantitative estimate of drug-likeness (QED) is 0.0703. The highest BCUT2D eigenvalue weighted by atomic mass is 32.1. The van der Waals surface area contributed by atoms with Gasteiger partial charge in [0.05, 0.1) is 38.6 Å². The van der Waals surface area contributed by atoms with Gasteiger partial charge in [0.1, 0.15) is 35.7 Å². The smallest absolute Gasteiger partial charge is 0.292 e. The third kappa shape index (κ3) is 22.7. The molecule has 4 aromatic heterocycles. The van der Waals surface area contributed by atoms with Gasteiger partial charge in [-0.3, -0.25) is 9.59 Å². The van der Waals surface area contributed by atoms with Gasteiger partial charge in [-0.25, -0.2) is 14.6 Å². The zero-order valence-corrected chi connectivity index (χ0v) is 68.2. The molecule has 20 heteroatoms. The molecule has 111 heavy (non-hydrogen) atoms. The van der Waals surface area contributed by atoms with Crippen LogP contribution >= 0.6 is 11.3 Å². The van der Waals surface area contributed by atoms with E-state index < -0.39 is 0 Å². The van der Waals surface area contributed by atoms with Crippen molar-refractivity contribution in [3.8, 4) is 34.1 Å². The monoisotopic (exact) mass is 1510 g/mol. The van der Waals surface area contributed by atoms with Crippen LogP contribution < -0.4 is 46.8 Å². The summed E-state index contributed by atoms with van der Waals surface area (Å²) in [5, 5.41) is 14.3. The SMILES string of the molecule is CC(C)c1ccc(OC2CC2)c(-c2ccccc2)c1.CC(C)c1ccc2c(c1)C(=O)NC2.CC(C)c1ccc2c(c1)OCC(=O)N2.CC(C)c1ccc2c(c1)OCCO2.CC(C)c1ccc2c(c1)nnn2C.CC(C)c1ccc2nc(N)[nH]c2c1.CC(C)c1ccc2nc(N)oc2c1.CC(C)c1ccc2nc(N)sc2c1. The fraction of sp³-hybridized carbons (Fsp3) is 0.352. The average Bonchev–Trinajstić information content (AvgIpc) is 1.56. The number of hydrogen-bond acceptors (Lipinski definition) is 16. The van der Waals surface area contributed by atoms with Crippen molar-refractivity contribution in [1.29, 1.82) is 0 Å². The van der Waals surface area contributed by atoms with E-state index in [1.807, 2.05) is 67.7 Å². The van der Waals surface area contributed by atoms with Crippen LogP contribution in [0.2, 0.25) is 0 Å². The number of nitrogen functional groups attached to an aromatic ring is 3. The minimum absolute atomic E-state index is 0.0671. The number of nitrogens with one attached hydrogen (secondary N) is 3. The molecular weight excluding hydrogens is 1410 g/mol. The number of aromatic nitrogens is 7. The Hall–Kier alpha value is -11.3. The molecule has 7 heterocycles. The zero-order valence-electron chi connectivity index (χ0n) is 67.4. The number of oxazole rings is 1. The van der Waals surface area contributed by atoms with E-state index in [1.165, 1.54) is 73.2 Å². The molecule has 2 amide bonds. The molecule has 1 fully saturated rings. The number of carbonyl (C=O) groups is 2. The molecule has 0 radical (unpaired) electrons. The van der Waals surface area contributed by atoms with Crippen LogP contribution in [0.15, 0.2) is 180 Å². The molecule has 13 aromatic rings. The van der Waals surface area contributed by atoms with E-state index in [0.29, 0.717) is 84.3 Å². The van der Waals surface area contributed by atoms with Crippen LogP contribution in [0.3, 0.4) is 0 Å². The van der Waals surface area contributed by atoms with Crippen LogP contribution in [0.4, 0.5) is 22.8 Å². The first-order valence-corrected chi connectivity index (χ1v) is 39.5. The minimum Gasteiger partial charge on any atom is -0.490 e. The number of thiazole rings is 1. The predicted molar refractivity (Wildman–Crippen MR) is 455 cm³/mol. The van der Waals surface area contributed by atoms with Gasteiger partial charge in [-0.2, -0.15) is 4.98 Å². The Balaban J connectivity index is 0.000000135. The number of anilines is 4. The van der Waals surface area contributed by atoms with Crippen LogP contribution in [0.5, 0.6) is 23.0 Å². The molecule has 0 unspecified atom stereocenters. The summed E-state index contributed by atoms with van der Waals surface area (Å²) < 4.78 is 30.5. The average molecular weight is 1520 g/mol. The van der Waals surface area contributed by atoms with Gasteiger partial charge >= 0.3 is 0 Å². The van der Waals surface area contributed by atoms with Crippen molar-refractivity contribution in [2.24, 2.45) is 7.05 Å². The maximum atomic E-state index is 11.3. The van der Waals surface area contributed by atoms with Gasteiger partial charge in [0.15, 0.2) is 34.8 Å². The molecular formula is C91H110N12O7S. The number of aromatic amines is 1. The first kappa shape index (κ1) is 82.2. The molecule has 0 saturated heterocycles. The summed E-state index contributed by atoms with van der Waals surface area (Å²) in [7, 11) is 1.91. The Morgan fingerprint density at radius 3 is 1.68 bits per heavy atom. The van der Waals surface area contributed by atoms with E-state index in [-0.39, 0.29) is 24.4 Å². The Morgan fingerprint density at radius 2 is 1.03 bits per heavy atom. The van der Waals surface area contributed by atoms with Crippen molar-refractivity contribution < 1.29 is 33.0 Å². The number of benzene rings is 9. The number of hydrogen-bond donors (Lipinski definition) is 6. The van der Waals surface area contributed by atoms with Crippen molar-refractivity contribution >= 4 is 89.3 Å². The molecule has 0 spiro atoms. The summed E-state index contributed by atoms with van der Waals surface area (Å²) in [6, 6.07) is 60.4. The second-order valence-corrected chi connectivity index (χ2v) is 31.8. The van der Waals surface area contributed by atoms with E-state index in [0.717, 1.165) is 78.5 Å². The number of imidazole rings is 1. The number of nitrogens with zero attached hydrogens (tertiary/aromatic N) is 6. The fourth-order valence-electron chi connectivity index (χ4n) is 12.1. The third-order valence-corrected chi connectivity index (χ3v) is 20.1. The summed E-state index contributed by atoms with van der Waals surface area (Å²) in [6.07, 6.45) is 2.83. The third-order valence-electron chi connectivity index (χ3n) is 19.3. The normalized spacial score (nSPS) is 13.1. The first-order chi connectivity index (χ1) is 53.0. The van der Waals surface area contributed by atoms with Gasteiger partial charge < -0.3 is 56.2 Å². The largest absolute Gasteiger partial charge is 0.490 e. The van der Waals surface area contributed by atoms with E-state index in [1.54, 1.807) is 16.0 Å². The Morgan fingerprint density at radius 1 is 0.495 bits per heavy atom. The highest BCUT2D eigenvalue weighted by Gasteiger charge is 2.26. The van der Waals surface area contributed by atoms with Crippen LogP contribution in [0.1, 0.15) is 231 Å². The molecule has 19 nitrogen and oxygen atoms in total. The summed E-state index contributed by atoms with van der Waals surface area (Å²) in [4.78, 5) is 37.7. The van der Waals surface area contributed by atoms with Gasteiger partial charge in [0.2, 0.25) is 0 Å². The lowest BCUT2D eigenvalue weighted by molar-refractivity contribution is -0.118. The summed E-state index contributed by atoms with van der Waals surface area (Å²) in [5.74, 6) is 8.20. The highest BCUT2D eigenvalue weighted by molar-refractivity contribution is 7.22. The van der Waals surface area contributed by atoms with Crippen molar-refractivity contribution in [3.05, 3.63) is 232 Å². The molecule has 17 rings (SSSR count). The number of ether oxygens (including phenoxy) is 4. The van der Waals surface area contributed by atoms with Crippen LogP contribution in [-0.2, 0) is 18.4 Å². The van der Waals surface area contributed by atoms with Crippen molar-refractivity contribution in [2.75, 3.05) is 42.3 Å². The summed E-state index contributed by atoms with van der Waals surface area (Å²) >= 11 is 1.55. The Kier molecular flexibility index (Phi) is 28.1. The topological polar surface area (TPSA) is 271 Å². The second kappa shape index (κ2) is 37.9. The van der Waals surface area contributed by atoms with E-state index in [2.05, 4.69) is 267 Å². The lowest BCUT2D eigenvalue weighted by atomic mass is 9.96. The number of H-pyrrole nitrogens is 1. The minimum atomic E-state index is -0.0882. The lowest BCUT2D eigenvalue weighted by Gasteiger charge is -2.19. The van der Waals surface area contributed by atoms with E-state index >= 15 is 0 Å². The van der Waals surface area contributed by atoms with Crippen molar-refractivity contribution in [1.82, 2.24) is 40.2 Å². The molecule has 4 aliphatic rings. The maximum Gasteiger partial charge on any atom is 0.292 e. The number of carbonyl (C=O) groups excluding carboxylic acids is 2. The summed E-state index contributed by atoms with van der Waals surface area (Å²) in [5.41, 5.74) is 38.7. The standard InChI is InChI=1S/C18H20O.C11H13NO2.C11H13NO.C11H14O2.2C10H13N3.C10H12N2O.C10H12N2S/c1-13(2)15-8-11-18(19-16-9-10-16)17(12-15)14-6-4-3-5-7-14;1-7(2)8-3-4-9-10(5-8)14-6-11(13)12-9;1-7(2)8-3-4-9-6-12-11(13)10(9)5-8;1-8(2)9-3-4-10-11(7-9)13-6-5-12-10;1-7(2)8-4-5-10-9(6-8)11-12-13(10)3;3*1-6(2)7-3-4-8-9(5-7)13-10(11)12-8/h3-8,11-13,16H,9-10H2,1-2H3;3-5,7H,6H2,1-2H3,(H,12,13);3-5,7H,6H2,1-2H3,(H,12,13);3-4,7-8H,5-6H2,1-2H3;4-7H,1-3H3;3-6H,1-2H3,(H3,11,12,13);2*3-6H,1-2H3,(H2,11,12).